The minimum atomic E-state index is -1.00. The zero-order valence-electron chi connectivity index (χ0n) is 11.0. The largest absolute Gasteiger partial charge is 0.480 e. The number of amides is 2. The molecule has 0 saturated carbocycles. The second-order valence-corrected chi connectivity index (χ2v) is 4.60. The van der Waals surface area contributed by atoms with E-state index >= 15 is 0 Å². The third kappa shape index (κ3) is 2.87. The predicted octanol–water partition coefficient (Wildman–Crippen LogP) is 0.319. The summed E-state index contributed by atoms with van der Waals surface area (Å²) in [4.78, 5) is 37.4. The van der Waals surface area contributed by atoms with Crippen molar-refractivity contribution >= 4 is 17.8 Å². The number of carbonyl (C=O) groups excluding carboxylic acids is 2. The summed E-state index contributed by atoms with van der Waals surface area (Å²) < 4.78 is 0. The van der Waals surface area contributed by atoms with Crippen molar-refractivity contribution in [2.24, 2.45) is 0 Å². The van der Waals surface area contributed by atoms with E-state index in [-0.39, 0.29) is 30.8 Å². The lowest BCUT2D eigenvalue weighted by molar-refractivity contribution is -0.143. The Bertz CT molecular complexity index is 352. The third-order valence-corrected chi connectivity index (χ3v) is 3.38. The molecule has 0 aromatic carbocycles. The molecule has 1 saturated heterocycles. The predicted molar refractivity (Wildman–Crippen MR) is 64.9 cm³/mol. The lowest BCUT2D eigenvalue weighted by Gasteiger charge is -2.26. The first kappa shape index (κ1) is 14.6. The molecule has 1 aliphatic heterocycles. The number of hydrogen-bond donors (Lipinski definition) is 1. The van der Waals surface area contributed by atoms with Gasteiger partial charge in [-0.15, -0.1) is 0 Å². The van der Waals surface area contributed by atoms with Crippen LogP contribution in [0.3, 0.4) is 0 Å². The zero-order chi connectivity index (χ0) is 13.9. The molecule has 102 valence electrons. The molecule has 1 heterocycles. The number of carbonyl (C=O) groups is 3. The molecule has 1 fully saturated rings. The molecule has 1 N–H and O–H groups in total. The van der Waals surface area contributed by atoms with Crippen LogP contribution in [-0.4, -0.2) is 58.4 Å². The first-order valence-corrected chi connectivity index (χ1v) is 6.20. The van der Waals surface area contributed by atoms with E-state index in [9.17, 15) is 14.4 Å². The Hall–Kier alpha value is -1.43. The van der Waals surface area contributed by atoms with E-state index < -0.39 is 12.0 Å². The number of carboxylic acids is 1. The average Bonchev–Trinajstić information content (AvgIpc) is 2.58. The van der Waals surface area contributed by atoms with Gasteiger partial charge in [0.25, 0.3) is 0 Å². The molecular weight excluding hydrogens is 236 g/mol. The van der Waals surface area contributed by atoms with Crippen LogP contribution in [0, 0.1) is 0 Å². The molecule has 1 rings (SSSR count). The number of carboxylic acid groups (broad SMARTS) is 1. The van der Waals surface area contributed by atoms with Crippen LogP contribution in [0.4, 0.5) is 0 Å². The fourth-order valence-corrected chi connectivity index (χ4v) is 2.34. The Labute approximate surface area is 107 Å². The summed E-state index contributed by atoms with van der Waals surface area (Å²) >= 11 is 0. The van der Waals surface area contributed by atoms with Gasteiger partial charge in [-0.1, -0.05) is 13.8 Å². The van der Waals surface area contributed by atoms with Crippen molar-refractivity contribution in [2.75, 3.05) is 13.6 Å². The Morgan fingerprint density at radius 1 is 1.44 bits per heavy atom. The van der Waals surface area contributed by atoms with Crippen LogP contribution in [0.5, 0.6) is 0 Å². The van der Waals surface area contributed by atoms with Gasteiger partial charge >= 0.3 is 5.97 Å². The second kappa shape index (κ2) is 5.95. The summed E-state index contributed by atoms with van der Waals surface area (Å²) in [6, 6.07) is -0.706. The lowest BCUT2D eigenvalue weighted by atomic mass is 10.1. The zero-order valence-corrected chi connectivity index (χ0v) is 11.0. The van der Waals surface area contributed by atoms with Crippen LogP contribution in [-0.2, 0) is 14.4 Å². The standard InChI is InChI=1S/C12H20N2O4/c1-4-8(5-2)14-10(15)6-9(12(14)18)13(3)7-11(16)17/h8-9H,4-7H2,1-3H3,(H,16,17). The monoisotopic (exact) mass is 256 g/mol. The molecule has 18 heavy (non-hydrogen) atoms. The summed E-state index contributed by atoms with van der Waals surface area (Å²) in [6.45, 7) is 3.63. The van der Waals surface area contributed by atoms with E-state index in [4.69, 9.17) is 5.11 Å². The van der Waals surface area contributed by atoms with Gasteiger partial charge in [-0.05, 0) is 19.9 Å². The van der Waals surface area contributed by atoms with Gasteiger partial charge in [-0.3, -0.25) is 24.2 Å². The van der Waals surface area contributed by atoms with Crippen LogP contribution in [0.1, 0.15) is 33.1 Å². The second-order valence-electron chi connectivity index (χ2n) is 4.60. The smallest absolute Gasteiger partial charge is 0.317 e. The van der Waals surface area contributed by atoms with Crippen molar-refractivity contribution in [2.45, 2.75) is 45.2 Å². The van der Waals surface area contributed by atoms with E-state index in [2.05, 4.69) is 0 Å². The quantitative estimate of drug-likeness (QED) is 0.692. The van der Waals surface area contributed by atoms with Gasteiger partial charge in [0.1, 0.15) is 0 Å². The van der Waals surface area contributed by atoms with Crippen molar-refractivity contribution in [3.63, 3.8) is 0 Å². The van der Waals surface area contributed by atoms with E-state index in [1.54, 1.807) is 7.05 Å². The highest BCUT2D eigenvalue weighted by Crippen LogP contribution is 2.22. The molecule has 0 aromatic heterocycles. The van der Waals surface area contributed by atoms with Crippen molar-refractivity contribution in [3.05, 3.63) is 0 Å². The normalized spacial score (nSPS) is 20.3. The van der Waals surface area contributed by atoms with Crippen LogP contribution >= 0.6 is 0 Å². The van der Waals surface area contributed by atoms with E-state index in [0.717, 1.165) is 12.8 Å². The van der Waals surface area contributed by atoms with Gasteiger partial charge in [0, 0.05) is 6.04 Å². The van der Waals surface area contributed by atoms with Crippen LogP contribution in [0.25, 0.3) is 0 Å². The Morgan fingerprint density at radius 2 is 2.00 bits per heavy atom. The summed E-state index contributed by atoms with van der Waals surface area (Å²) in [7, 11) is 1.56. The number of rotatable bonds is 6. The molecular formula is C12H20N2O4. The number of likely N-dealkylation sites (N-methyl/N-ethyl adjacent to an activating group) is 1. The molecule has 2 amide bonds. The first-order valence-electron chi connectivity index (χ1n) is 6.20. The highest BCUT2D eigenvalue weighted by molar-refractivity contribution is 6.06. The molecule has 1 atom stereocenters. The van der Waals surface area contributed by atoms with Gasteiger partial charge in [0.15, 0.2) is 0 Å². The Kier molecular flexibility index (Phi) is 4.84. The molecule has 1 aliphatic rings. The molecule has 0 spiro atoms. The van der Waals surface area contributed by atoms with E-state index in [1.165, 1.54) is 9.80 Å². The van der Waals surface area contributed by atoms with E-state index in [1.807, 2.05) is 13.8 Å². The molecule has 0 aliphatic carbocycles. The highest BCUT2D eigenvalue weighted by atomic mass is 16.4. The lowest BCUT2D eigenvalue weighted by Crippen LogP contribution is -2.45. The van der Waals surface area contributed by atoms with Crippen LogP contribution < -0.4 is 0 Å². The maximum absolute atomic E-state index is 12.2. The van der Waals surface area contributed by atoms with Crippen molar-refractivity contribution < 1.29 is 19.5 Å². The minimum Gasteiger partial charge on any atom is -0.480 e. The van der Waals surface area contributed by atoms with Crippen molar-refractivity contribution in [1.82, 2.24) is 9.80 Å². The molecule has 0 radical (unpaired) electrons. The highest BCUT2D eigenvalue weighted by Gasteiger charge is 2.43. The topological polar surface area (TPSA) is 77.9 Å². The van der Waals surface area contributed by atoms with Gasteiger partial charge in [0.05, 0.1) is 19.0 Å². The van der Waals surface area contributed by atoms with Crippen molar-refractivity contribution in [1.29, 1.82) is 0 Å². The summed E-state index contributed by atoms with van der Waals surface area (Å²) in [5, 5.41) is 8.71. The SMILES string of the molecule is CCC(CC)N1C(=O)CC(N(C)CC(=O)O)C1=O. The van der Waals surface area contributed by atoms with Gasteiger partial charge < -0.3 is 5.11 Å². The summed E-state index contributed by atoms with van der Waals surface area (Å²) in [6.07, 6.45) is 1.53. The number of nitrogens with zero attached hydrogens (tertiary/aromatic N) is 2. The Morgan fingerprint density at radius 3 is 2.44 bits per heavy atom. The van der Waals surface area contributed by atoms with Gasteiger partial charge in [0.2, 0.25) is 11.8 Å². The minimum absolute atomic E-state index is 0.0757. The van der Waals surface area contributed by atoms with Crippen LogP contribution in [0.15, 0.2) is 0 Å². The van der Waals surface area contributed by atoms with Crippen molar-refractivity contribution in [3.8, 4) is 0 Å². The summed E-state index contributed by atoms with van der Waals surface area (Å²) in [5.41, 5.74) is 0. The number of likely N-dealkylation sites (tertiary alicyclic amines) is 1. The maximum atomic E-state index is 12.2. The molecule has 1 unspecified atom stereocenters. The van der Waals surface area contributed by atoms with Gasteiger partial charge in [-0.2, -0.15) is 0 Å². The van der Waals surface area contributed by atoms with Crippen LogP contribution in [0.2, 0.25) is 0 Å². The fraction of sp³-hybridized carbons (Fsp3) is 0.750. The number of hydrogen-bond acceptors (Lipinski definition) is 4. The maximum Gasteiger partial charge on any atom is 0.317 e. The number of aliphatic carboxylic acids is 1. The third-order valence-electron chi connectivity index (χ3n) is 3.38. The molecule has 6 heteroatoms. The fourth-order valence-electron chi connectivity index (χ4n) is 2.34. The molecule has 6 nitrogen and oxygen atoms in total. The first-order chi connectivity index (χ1) is 8.42. The summed E-state index contributed by atoms with van der Waals surface area (Å²) in [5.74, 6) is -1.47. The Balaban J connectivity index is 2.80. The molecule has 0 aromatic rings. The van der Waals surface area contributed by atoms with Gasteiger partial charge in [-0.25, -0.2) is 0 Å². The number of imide groups is 1. The average molecular weight is 256 g/mol. The van der Waals surface area contributed by atoms with E-state index in [0.29, 0.717) is 0 Å². The molecule has 0 bridgehead atoms.